The summed E-state index contributed by atoms with van der Waals surface area (Å²) in [7, 11) is 0. The zero-order valence-corrected chi connectivity index (χ0v) is 9.33. The highest BCUT2D eigenvalue weighted by molar-refractivity contribution is 9.10. The molecular formula is C9H5BrF3N3. The summed E-state index contributed by atoms with van der Waals surface area (Å²) in [5, 5.41) is 3.86. The van der Waals surface area contributed by atoms with E-state index in [4.69, 9.17) is 0 Å². The molecule has 0 aliphatic heterocycles. The standard InChI is InChI=1S/C9H5BrF3N3/c10-8-14-5-16(15-8)7-3-1-2-6(4-7)9(11,12)13/h1-5H. The molecule has 0 radical (unpaired) electrons. The molecule has 0 N–H and O–H groups in total. The number of hydrogen-bond acceptors (Lipinski definition) is 2. The van der Waals surface area contributed by atoms with Crippen molar-refractivity contribution in [2.75, 3.05) is 0 Å². The average molecular weight is 292 g/mol. The normalized spacial score (nSPS) is 11.8. The molecule has 0 amide bonds. The van der Waals surface area contributed by atoms with E-state index in [1.54, 1.807) is 0 Å². The van der Waals surface area contributed by atoms with E-state index in [-0.39, 0.29) is 0 Å². The zero-order chi connectivity index (χ0) is 11.8. The molecule has 0 aliphatic carbocycles. The Bertz CT molecular complexity index is 507. The third-order valence-electron chi connectivity index (χ3n) is 1.90. The monoisotopic (exact) mass is 291 g/mol. The van der Waals surface area contributed by atoms with Crippen molar-refractivity contribution in [2.45, 2.75) is 6.18 Å². The van der Waals surface area contributed by atoms with E-state index < -0.39 is 11.7 Å². The summed E-state index contributed by atoms with van der Waals surface area (Å²) in [6.45, 7) is 0. The molecule has 0 spiro atoms. The Balaban J connectivity index is 2.44. The third-order valence-corrected chi connectivity index (χ3v) is 2.27. The van der Waals surface area contributed by atoms with E-state index in [2.05, 4.69) is 26.0 Å². The maximum atomic E-state index is 12.4. The van der Waals surface area contributed by atoms with E-state index in [0.717, 1.165) is 12.1 Å². The van der Waals surface area contributed by atoms with Gasteiger partial charge in [0.25, 0.3) is 0 Å². The number of halogens is 4. The van der Waals surface area contributed by atoms with Gasteiger partial charge in [-0.15, -0.1) is 5.10 Å². The quantitative estimate of drug-likeness (QED) is 0.808. The summed E-state index contributed by atoms with van der Waals surface area (Å²) in [5.41, 5.74) is -0.398. The van der Waals surface area contributed by atoms with Crippen molar-refractivity contribution >= 4 is 15.9 Å². The van der Waals surface area contributed by atoms with Gasteiger partial charge >= 0.3 is 6.18 Å². The summed E-state index contributed by atoms with van der Waals surface area (Å²) in [6.07, 6.45) is -3.02. The fourth-order valence-corrected chi connectivity index (χ4v) is 1.45. The van der Waals surface area contributed by atoms with Gasteiger partial charge in [-0.2, -0.15) is 13.2 Å². The van der Waals surface area contributed by atoms with E-state index in [0.29, 0.717) is 10.4 Å². The minimum absolute atomic E-state index is 0.313. The second-order valence-corrected chi connectivity index (χ2v) is 3.72. The van der Waals surface area contributed by atoms with Crippen molar-refractivity contribution in [1.29, 1.82) is 0 Å². The van der Waals surface area contributed by atoms with E-state index in [9.17, 15) is 13.2 Å². The van der Waals surface area contributed by atoms with Gasteiger partial charge in [-0.1, -0.05) is 6.07 Å². The van der Waals surface area contributed by atoms with Crippen LogP contribution in [0.4, 0.5) is 13.2 Å². The average Bonchev–Trinajstić information content (AvgIpc) is 2.64. The largest absolute Gasteiger partial charge is 0.416 e. The lowest BCUT2D eigenvalue weighted by Crippen LogP contribution is -2.06. The first-order valence-electron chi connectivity index (χ1n) is 4.21. The molecule has 0 bridgehead atoms. The number of nitrogens with zero attached hydrogens (tertiary/aromatic N) is 3. The highest BCUT2D eigenvalue weighted by atomic mass is 79.9. The lowest BCUT2D eigenvalue weighted by molar-refractivity contribution is -0.137. The van der Waals surface area contributed by atoms with Crippen LogP contribution in [-0.2, 0) is 6.18 Å². The van der Waals surface area contributed by atoms with Crippen LogP contribution >= 0.6 is 15.9 Å². The van der Waals surface area contributed by atoms with Crippen molar-refractivity contribution in [1.82, 2.24) is 14.8 Å². The van der Waals surface area contributed by atoms with Crippen LogP contribution < -0.4 is 0 Å². The molecule has 1 heterocycles. The van der Waals surface area contributed by atoms with Gasteiger partial charge < -0.3 is 0 Å². The SMILES string of the molecule is FC(F)(F)c1cccc(-n2cnc(Br)n2)c1. The molecule has 16 heavy (non-hydrogen) atoms. The molecular weight excluding hydrogens is 287 g/mol. The molecule has 0 saturated carbocycles. The minimum Gasteiger partial charge on any atom is -0.220 e. The Hall–Kier alpha value is -1.37. The van der Waals surface area contributed by atoms with Gasteiger partial charge in [0.05, 0.1) is 11.3 Å². The third kappa shape index (κ3) is 2.24. The van der Waals surface area contributed by atoms with E-state index in [1.165, 1.54) is 23.1 Å². The summed E-state index contributed by atoms with van der Waals surface area (Å²) >= 11 is 3.02. The van der Waals surface area contributed by atoms with Crippen LogP contribution in [0.1, 0.15) is 5.56 Å². The van der Waals surface area contributed by atoms with Gasteiger partial charge in [0.15, 0.2) is 0 Å². The van der Waals surface area contributed by atoms with Crippen LogP contribution in [0, 0.1) is 0 Å². The van der Waals surface area contributed by atoms with Crippen LogP contribution in [0.25, 0.3) is 5.69 Å². The minimum atomic E-state index is -4.35. The summed E-state index contributed by atoms with van der Waals surface area (Å²) < 4.78 is 38.9. The topological polar surface area (TPSA) is 30.7 Å². The molecule has 0 atom stereocenters. The molecule has 84 valence electrons. The lowest BCUT2D eigenvalue weighted by Gasteiger charge is -2.07. The predicted molar refractivity (Wildman–Crippen MR) is 54.1 cm³/mol. The number of benzene rings is 1. The van der Waals surface area contributed by atoms with Crippen LogP contribution in [-0.4, -0.2) is 14.8 Å². The zero-order valence-electron chi connectivity index (χ0n) is 7.74. The van der Waals surface area contributed by atoms with Crippen LogP contribution in [0.15, 0.2) is 35.3 Å². The fourth-order valence-electron chi connectivity index (χ4n) is 1.19. The first-order chi connectivity index (χ1) is 7.47. The van der Waals surface area contributed by atoms with Crippen LogP contribution in [0.5, 0.6) is 0 Å². The predicted octanol–water partition coefficient (Wildman–Crippen LogP) is 3.05. The first-order valence-corrected chi connectivity index (χ1v) is 5.01. The van der Waals surface area contributed by atoms with Gasteiger partial charge in [-0.3, -0.25) is 0 Å². The second-order valence-electron chi connectivity index (χ2n) is 3.01. The maximum absolute atomic E-state index is 12.4. The Labute approximate surface area is 97.0 Å². The molecule has 0 fully saturated rings. The molecule has 0 aliphatic rings. The number of rotatable bonds is 1. The molecule has 1 aromatic heterocycles. The molecule has 0 saturated heterocycles. The number of aromatic nitrogens is 3. The van der Waals surface area contributed by atoms with Gasteiger partial charge in [-0.05, 0) is 34.1 Å². The van der Waals surface area contributed by atoms with E-state index in [1.807, 2.05) is 0 Å². The summed E-state index contributed by atoms with van der Waals surface area (Å²) in [5.74, 6) is 0. The van der Waals surface area contributed by atoms with Crippen molar-refractivity contribution in [3.63, 3.8) is 0 Å². The molecule has 7 heteroatoms. The lowest BCUT2D eigenvalue weighted by atomic mass is 10.2. The Morgan fingerprint density at radius 2 is 2.00 bits per heavy atom. The summed E-state index contributed by atoms with van der Waals surface area (Å²) in [6, 6.07) is 4.88. The fraction of sp³-hybridized carbons (Fsp3) is 0.111. The Kier molecular flexibility index (Phi) is 2.71. The van der Waals surface area contributed by atoms with Crippen molar-refractivity contribution in [3.05, 3.63) is 40.9 Å². The van der Waals surface area contributed by atoms with Crippen LogP contribution in [0.2, 0.25) is 0 Å². The first kappa shape index (κ1) is 11.1. The molecule has 2 rings (SSSR count). The smallest absolute Gasteiger partial charge is 0.220 e. The van der Waals surface area contributed by atoms with Crippen molar-refractivity contribution < 1.29 is 13.2 Å². The van der Waals surface area contributed by atoms with E-state index >= 15 is 0 Å². The highest BCUT2D eigenvalue weighted by Gasteiger charge is 2.30. The van der Waals surface area contributed by atoms with Crippen molar-refractivity contribution in [3.8, 4) is 5.69 Å². The van der Waals surface area contributed by atoms with Crippen LogP contribution in [0.3, 0.4) is 0 Å². The molecule has 3 nitrogen and oxygen atoms in total. The van der Waals surface area contributed by atoms with Gasteiger partial charge in [0.2, 0.25) is 4.73 Å². The number of alkyl halides is 3. The Morgan fingerprint density at radius 3 is 2.56 bits per heavy atom. The number of hydrogen-bond donors (Lipinski definition) is 0. The van der Waals surface area contributed by atoms with Gasteiger partial charge in [0.1, 0.15) is 6.33 Å². The molecule has 2 aromatic rings. The van der Waals surface area contributed by atoms with Crippen molar-refractivity contribution in [2.24, 2.45) is 0 Å². The molecule has 0 unspecified atom stereocenters. The highest BCUT2D eigenvalue weighted by Crippen LogP contribution is 2.30. The summed E-state index contributed by atoms with van der Waals surface area (Å²) in [4.78, 5) is 3.77. The van der Waals surface area contributed by atoms with Gasteiger partial charge in [0, 0.05) is 0 Å². The van der Waals surface area contributed by atoms with Gasteiger partial charge in [-0.25, -0.2) is 9.67 Å². The molecule has 1 aromatic carbocycles. The maximum Gasteiger partial charge on any atom is 0.416 e. The second kappa shape index (κ2) is 3.89. The Morgan fingerprint density at radius 1 is 1.25 bits per heavy atom.